The summed E-state index contributed by atoms with van der Waals surface area (Å²) < 4.78 is 6.56. The molecule has 27 heavy (non-hydrogen) atoms. The van der Waals surface area contributed by atoms with E-state index in [-0.39, 0.29) is 17.6 Å². The maximum absolute atomic E-state index is 12.5. The van der Waals surface area contributed by atoms with Crippen molar-refractivity contribution in [1.29, 1.82) is 0 Å². The Morgan fingerprint density at radius 1 is 1.22 bits per heavy atom. The lowest BCUT2D eigenvalue weighted by molar-refractivity contribution is -0.148. The van der Waals surface area contributed by atoms with Crippen LogP contribution in [0, 0.1) is 6.92 Å². The number of aryl methyl sites for hydroxylation is 1. The van der Waals surface area contributed by atoms with Crippen LogP contribution in [0.1, 0.15) is 22.4 Å². The summed E-state index contributed by atoms with van der Waals surface area (Å²) in [7, 11) is 1.41. The summed E-state index contributed by atoms with van der Waals surface area (Å²) >= 11 is 0. The molecular weight excluding hydrogens is 342 g/mol. The Morgan fingerprint density at radius 3 is 2.78 bits per heavy atom. The van der Waals surface area contributed by atoms with E-state index >= 15 is 0 Å². The van der Waals surface area contributed by atoms with Gasteiger partial charge in [0.15, 0.2) is 0 Å². The van der Waals surface area contributed by atoms with Crippen molar-refractivity contribution in [2.24, 2.45) is 0 Å². The second-order valence-electron chi connectivity index (χ2n) is 6.94. The van der Waals surface area contributed by atoms with Gasteiger partial charge in [0.2, 0.25) is 0 Å². The molecule has 1 atom stereocenters. The third-order valence-corrected chi connectivity index (χ3v) is 5.04. The number of rotatable bonds is 3. The molecule has 0 bridgehead atoms. The summed E-state index contributed by atoms with van der Waals surface area (Å²) in [6.45, 7) is 2.96. The summed E-state index contributed by atoms with van der Waals surface area (Å²) in [5, 5.41) is 0. The predicted octanol–water partition coefficient (Wildman–Crippen LogP) is 2.10. The molecule has 0 saturated carbocycles. The highest BCUT2D eigenvalue weighted by molar-refractivity contribution is 5.76. The summed E-state index contributed by atoms with van der Waals surface area (Å²) in [5.74, 6) is -0.266. The van der Waals surface area contributed by atoms with Gasteiger partial charge in [0.25, 0.3) is 5.56 Å². The van der Waals surface area contributed by atoms with Crippen LogP contribution in [0.3, 0.4) is 0 Å². The lowest BCUT2D eigenvalue weighted by Crippen LogP contribution is -2.45. The molecule has 0 fully saturated rings. The Balaban J connectivity index is 1.69. The molecule has 0 N–H and O–H groups in total. The second kappa shape index (κ2) is 6.96. The molecular formula is C21H21N3O3. The minimum absolute atomic E-state index is 0.120. The Bertz CT molecular complexity index is 1070. The number of aromatic nitrogens is 2. The maximum Gasteiger partial charge on any atom is 0.323 e. The summed E-state index contributed by atoms with van der Waals surface area (Å²) in [6.07, 6.45) is 2.37. The van der Waals surface area contributed by atoms with Crippen molar-refractivity contribution in [3.8, 4) is 0 Å². The van der Waals surface area contributed by atoms with Gasteiger partial charge in [0, 0.05) is 25.4 Å². The summed E-state index contributed by atoms with van der Waals surface area (Å²) in [6, 6.07) is 13.0. The van der Waals surface area contributed by atoms with Gasteiger partial charge in [0.1, 0.15) is 11.7 Å². The molecule has 4 rings (SSSR count). The molecule has 2 aromatic heterocycles. The van der Waals surface area contributed by atoms with Crippen molar-refractivity contribution in [3.63, 3.8) is 0 Å². The minimum Gasteiger partial charge on any atom is -0.468 e. The Hall–Kier alpha value is -2.99. The average Bonchev–Trinajstić information content (AvgIpc) is 2.67. The number of carbonyl (C=O) groups excluding carboxylic acids is 1. The molecule has 3 heterocycles. The van der Waals surface area contributed by atoms with E-state index in [1.165, 1.54) is 12.7 Å². The van der Waals surface area contributed by atoms with Crippen molar-refractivity contribution < 1.29 is 9.53 Å². The van der Waals surface area contributed by atoms with Gasteiger partial charge in [-0.05, 0) is 36.1 Å². The number of methoxy groups -OCH3 is 1. The molecule has 3 aromatic rings. The molecule has 1 aliphatic heterocycles. The number of hydrogen-bond donors (Lipinski definition) is 0. The second-order valence-corrected chi connectivity index (χ2v) is 6.94. The van der Waals surface area contributed by atoms with Crippen molar-refractivity contribution in [3.05, 3.63) is 81.4 Å². The van der Waals surface area contributed by atoms with E-state index in [9.17, 15) is 9.59 Å². The molecule has 0 saturated heterocycles. The highest BCUT2D eigenvalue weighted by atomic mass is 16.5. The Morgan fingerprint density at radius 2 is 2.00 bits per heavy atom. The van der Waals surface area contributed by atoms with Crippen LogP contribution in [0.15, 0.2) is 53.5 Å². The van der Waals surface area contributed by atoms with Crippen molar-refractivity contribution in [1.82, 2.24) is 14.3 Å². The van der Waals surface area contributed by atoms with E-state index in [4.69, 9.17) is 4.74 Å². The first-order valence-electron chi connectivity index (χ1n) is 8.93. The fraction of sp³-hybridized carbons (Fsp3) is 0.286. The molecule has 0 unspecified atom stereocenters. The van der Waals surface area contributed by atoms with Crippen LogP contribution in [0.25, 0.3) is 5.65 Å². The molecule has 6 heteroatoms. The van der Waals surface area contributed by atoms with Gasteiger partial charge >= 0.3 is 5.97 Å². The Kier molecular flexibility index (Phi) is 4.49. The van der Waals surface area contributed by atoms with E-state index in [2.05, 4.69) is 11.1 Å². The van der Waals surface area contributed by atoms with Crippen LogP contribution in [-0.2, 0) is 29.0 Å². The number of hydrogen-bond acceptors (Lipinski definition) is 5. The molecule has 0 radical (unpaired) electrons. The van der Waals surface area contributed by atoms with Crippen LogP contribution in [0.2, 0.25) is 0 Å². The highest BCUT2D eigenvalue weighted by Gasteiger charge is 2.32. The predicted molar refractivity (Wildman–Crippen MR) is 101 cm³/mol. The topological polar surface area (TPSA) is 63.9 Å². The lowest BCUT2D eigenvalue weighted by atomic mass is 9.94. The van der Waals surface area contributed by atoms with E-state index in [1.807, 2.05) is 42.2 Å². The van der Waals surface area contributed by atoms with Crippen LogP contribution in [0.5, 0.6) is 0 Å². The molecule has 0 aliphatic carbocycles. The molecule has 0 amide bonds. The number of nitrogens with zero attached hydrogens (tertiary/aromatic N) is 3. The standard InChI is InChI=1S/C21H21N3O3/c1-14-7-8-19-22-17(10-20(25)24(19)11-14)13-23-12-16-6-4-3-5-15(16)9-18(23)21(26)27-2/h3-8,10-11,18H,9,12-13H2,1-2H3/t18-/m1/s1. The maximum atomic E-state index is 12.5. The third kappa shape index (κ3) is 3.36. The molecule has 1 aliphatic rings. The number of pyridine rings is 1. The zero-order chi connectivity index (χ0) is 19.0. The first-order valence-corrected chi connectivity index (χ1v) is 8.93. The molecule has 0 spiro atoms. The van der Waals surface area contributed by atoms with Crippen LogP contribution < -0.4 is 5.56 Å². The fourth-order valence-electron chi connectivity index (χ4n) is 3.66. The molecule has 6 nitrogen and oxygen atoms in total. The smallest absolute Gasteiger partial charge is 0.323 e. The van der Waals surface area contributed by atoms with E-state index in [1.54, 1.807) is 16.7 Å². The highest BCUT2D eigenvalue weighted by Crippen LogP contribution is 2.25. The lowest BCUT2D eigenvalue weighted by Gasteiger charge is -2.34. The van der Waals surface area contributed by atoms with Gasteiger partial charge in [-0.2, -0.15) is 0 Å². The summed E-state index contributed by atoms with van der Waals surface area (Å²) in [4.78, 5) is 31.5. The van der Waals surface area contributed by atoms with Gasteiger partial charge in [0.05, 0.1) is 12.8 Å². The quantitative estimate of drug-likeness (QED) is 0.667. The fourth-order valence-corrected chi connectivity index (χ4v) is 3.66. The van der Waals surface area contributed by atoms with Crippen LogP contribution in [0.4, 0.5) is 0 Å². The molecule has 138 valence electrons. The van der Waals surface area contributed by atoms with E-state index in [0.717, 1.165) is 11.1 Å². The molecule has 1 aromatic carbocycles. The van der Waals surface area contributed by atoms with Gasteiger partial charge in [-0.1, -0.05) is 30.3 Å². The first kappa shape index (κ1) is 17.4. The number of ether oxygens (including phenoxy) is 1. The third-order valence-electron chi connectivity index (χ3n) is 5.04. The van der Waals surface area contributed by atoms with Crippen LogP contribution in [-0.4, -0.2) is 33.4 Å². The van der Waals surface area contributed by atoms with Crippen molar-refractivity contribution in [2.45, 2.75) is 32.5 Å². The Labute approximate surface area is 157 Å². The van der Waals surface area contributed by atoms with E-state index in [0.29, 0.717) is 30.9 Å². The number of carbonyl (C=O) groups is 1. The largest absolute Gasteiger partial charge is 0.468 e. The first-order chi connectivity index (χ1) is 13.0. The van der Waals surface area contributed by atoms with Gasteiger partial charge < -0.3 is 4.74 Å². The number of fused-ring (bicyclic) bond motifs is 2. The normalized spacial score (nSPS) is 16.9. The van der Waals surface area contributed by atoms with Gasteiger partial charge in [-0.25, -0.2) is 4.98 Å². The number of esters is 1. The van der Waals surface area contributed by atoms with Gasteiger partial charge in [-0.3, -0.25) is 18.9 Å². The van der Waals surface area contributed by atoms with Crippen molar-refractivity contribution in [2.75, 3.05) is 7.11 Å². The minimum atomic E-state index is -0.386. The zero-order valence-electron chi connectivity index (χ0n) is 15.4. The zero-order valence-corrected chi connectivity index (χ0v) is 15.4. The van der Waals surface area contributed by atoms with E-state index < -0.39 is 0 Å². The van der Waals surface area contributed by atoms with Crippen LogP contribution >= 0.6 is 0 Å². The van der Waals surface area contributed by atoms with Crippen molar-refractivity contribution >= 4 is 11.6 Å². The van der Waals surface area contributed by atoms with Gasteiger partial charge in [-0.15, -0.1) is 0 Å². The SMILES string of the molecule is COC(=O)[C@H]1Cc2ccccc2CN1Cc1cc(=O)n2cc(C)ccc2n1. The summed E-state index contributed by atoms with van der Waals surface area (Å²) in [5.41, 5.74) is 4.48. The monoisotopic (exact) mass is 363 g/mol. The average molecular weight is 363 g/mol. The number of benzene rings is 1.